The fourth-order valence-electron chi connectivity index (χ4n) is 1.36. The molecule has 2 heteroatoms. The molecule has 2 rings (SSSR count). The summed E-state index contributed by atoms with van der Waals surface area (Å²) in [7, 11) is 0. The summed E-state index contributed by atoms with van der Waals surface area (Å²) in [6, 6.07) is 17.0. The fraction of sp³-hybridized carbons (Fsp3) is 0. The molecule has 0 aromatic heterocycles. The molecule has 0 aliphatic carbocycles. The number of rotatable bonds is 3. The van der Waals surface area contributed by atoms with Crippen molar-refractivity contribution in [3.05, 3.63) is 66.4 Å². The molecule has 0 saturated carbocycles. The van der Waals surface area contributed by atoms with Crippen LogP contribution in [0.5, 0.6) is 5.75 Å². The molecule has 2 aromatic carbocycles. The maximum atomic E-state index is 9.11. The second-order valence-corrected chi connectivity index (χ2v) is 3.44. The van der Waals surface area contributed by atoms with Gasteiger partial charge in [0.15, 0.2) is 0 Å². The first kappa shape index (κ1) is 10.3. The summed E-state index contributed by atoms with van der Waals surface area (Å²) in [6.45, 7) is 0. The standard InChI is InChI=1S/C14H13NO/c16-14-8-6-13(7-9-14)15-11-10-12-4-2-1-3-5-12/h1-11,15-16H. The molecule has 0 aliphatic rings. The molecule has 0 unspecified atom stereocenters. The summed E-state index contributed by atoms with van der Waals surface area (Å²) in [5, 5.41) is 12.2. The molecule has 0 bridgehead atoms. The molecule has 0 amide bonds. The van der Waals surface area contributed by atoms with Gasteiger partial charge in [0.05, 0.1) is 0 Å². The highest BCUT2D eigenvalue weighted by molar-refractivity contribution is 5.55. The van der Waals surface area contributed by atoms with E-state index in [9.17, 15) is 0 Å². The average Bonchev–Trinajstić information content (AvgIpc) is 2.33. The number of nitrogens with one attached hydrogen (secondary N) is 1. The van der Waals surface area contributed by atoms with E-state index in [2.05, 4.69) is 5.32 Å². The zero-order valence-corrected chi connectivity index (χ0v) is 8.80. The largest absolute Gasteiger partial charge is 0.508 e. The van der Waals surface area contributed by atoms with Gasteiger partial charge in [-0.25, -0.2) is 0 Å². The summed E-state index contributed by atoms with van der Waals surface area (Å²) in [6.07, 6.45) is 3.87. The van der Waals surface area contributed by atoms with E-state index >= 15 is 0 Å². The molecular formula is C14H13NO. The van der Waals surface area contributed by atoms with Gasteiger partial charge in [0, 0.05) is 11.9 Å². The first-order valence-electron chi connectivity index (χ1n) is 5.12. The highest BCUT2D eigenvalue weighted by Gasteiger charge is 1.88. The number of benzene rings is 2. The molecule has 80 valence electrons. The summed E-state index contributed by atoms with van der Waals surface area (Å²) in [5.41, 5.74) is 2.10. The van der Waals surface area contributed by atoms with Gasteiger partial charge in [-0.2, -0.15) is 0 Å². The van der Waals surface area contributed by atoms with Crippen molar-refractivity contribution in [3.8, 4) is 5.75 Å². The lowest BCUT2D eigenvalue weighted by Crippen LogP contribution is -1.85. The van der Waals surface area contributed by atoms with Crippen LogP contribution in [-0.2, 0) is 0 Å². The summed E-state index contributed by atoms with van der Waals surface area (Å²) in [5.74, 6) is 0.276. The van der Waals surface area contributed by atoms with Gasteiger partial charge in [0.2, 0.25) is 0 Å². The monoisotopic (exact) mass is 211 g/mol. The van der Waals surface area contributed by atoms with E-state index in [4.69, 9.17) is 5.11 Å². The van der Waals surface area contributed by atoms with Crippen LogP contribution in [0.25, 0.3) is 6.08 Å². The van der Waals surface area contributed by atoms with Crippen molar-refractivity contribution < 1.29 is 5.11 Å². The van der Waals surface area contributed by atoms with Crippen LogP contribution in [0.15, 0.2) is 60.8 Å². The van der Waals surface area contributed by atoms with Crippen molar-refractivity contribution in [1.29, 1.82) is 0 Å². The van der Waals surface area contributed by atoms with Crippen molar-refractivity contribution in [2.24, 2.45) is 0 Å². The maximum Gasteiger partial charge on any atom is 0.115 e. The van der Waals surface area contributed by atoms with Gasteiger partial charge >= 0.3 is 0 Å². The van der Waals surface area contributed by atoms with Crippen LogP contribution in [0.1, 0.15) is 5.56 Å². The van der Waals surface area contributed by atoms with Gasteiger partial charge in [0.25, 0.3) is 0 Å². The van der Waals surface area contributed by atoms with Crippen LogP contribution in [0.4, 0.5) is 5.69 Å². The molecule has 0 spiro atoms. The lowest BCUT2D eigenvalue weighted by molar-refractivity contribution is 0.475. The van der Waals surface area contributed by atoms with Gasteiger partial charge < -0.3 is 10.4 Å². The van der Waals surface area contributed by atoms with E-state index in [0.717, 1.165) is 11.3 Å². The van der Waals surface area contributed by atoms with Crippen molar-refractivity contribution in [2.45, 2.75) is 0 Å². The summed E-state index contributed by atoms with van der Waals surface area (Å²) >= 11 is 0. The number of phenols is 1. The Balaban J connectivity index is 1.97. The zero-order valence-electron chi connectivity index (χ0n) is 8.80. The van der Waals surface area contributed by atoms with Crippen molar-refractivity contribution in [3.63, 3.8) is 0 Å². The van der Waals surface area contributed by atoms with Crippen LogP contribution < -0.4 is 5.32 Å². The summed E-state index contributed by atoms with van der Waals surface area (Å²) in [4.78, 5) is 0. The van der Waals surface area contributed by atoms with Gasteiger partial charge in [-0.05, 0) is 35.9 Å². The van der Waals surface area contributed by atoms with Crippen LogP contribution >= 0.6 is 0 Å². The van der Waals surface area contributed by atoms with Gasteiger partial charge in [-0.3, -0.25) is 0 Å². The van der Waals surface area contributed by atoms with Crippen LogP contribution in [0.3, 0.4) is 0 Å². The molecule has 2 nitrogen and oxygen atoms in total. The maximum absolute atomic E-state index is 9.11. The number of phenolic OH excluding ortho intramolecular Hbond substituents is 1. The second-order valence-electron chi connectivity index (χ2n) is 3.44. The van der Waals surface area contributed by atoms with Crippen LogP contribution in [0, 0.1) is 0 Å². The molecule has 0 aliphatic heterocycles. The number of hydrogen-bond acceptors (Lipinski definition) is 2. The molecule has 0 saturated heterocycles. The zero-order chi connectivity index (χ0) is 11.2. The Hall–Kier alpha value is -2.22. The Morgan fingerprint density at radius 2 is 1.56 bits per heavy atom. The molecule has 0 atom stereocenters. The quantitative estimate of drug-likeness (QED) is 0.762. The Bertz CT molecular complexity index is 460. The number of aromatic hydroxyl groups is 1. The van der Waals surface area contributed by atoms with Crippen LogP contribution in [0.2, 0.25) is 0 Å². The SMILES string of the molecule is Oc1ccc(NC=Cc2ccccc2)cc1. The molecule has 0 fully saturated rings. The average molecular weight is 211 g/mol. The smallest absolute Gasteiger partial charge is 0.115 e. The Labute approximate surface area is 94.9 Å². The molecule has 2 aromatic rings. The third-order valence-electron chi connectivity index (χ3n) is 2.19. The van der Waals surface area contributed by atoms with Crippen molar-refractivity contribution >= 4 is 11.8 Å². The topological polar surface area (TPSA) is 32.3 Å². The first-order valence-corrected chi connectivity index (χ1v) is 5.12. The molecule has 16 heavy (non-hydrogen) atoms. The predicted molar refractivity (Wildman–Crippen MR) is 67.2 cm³/mol. The minimum absolute atomic E-state index is 0.276. The highest BCUT2D eigenvalue weighted by atomic mass is 16.3. The number of hydrogen-bond donors (Lipinski definition) is 2. The van der Waals surface area contributed by atoms with Gasteiger partial charge in [-0.15, -0.1) is 0 Å². The van der Waals surface area contributed by atoms with Crippen molar-refractivity contribution in [2.75, 3.05) is 5.32 Å². The van der Waals surface area contributed by atoms with E-state index < -0.39 is 0 Å². The molecule has 0 radical (unpaired) electrons. The van der Waals surface area contributed by atoms with E-state index in [1.54, 1.807) is 12.1 Å². The normalized spacial score (nSPS) is 10.5. The lowest BCUT2D eigenvalue weighted by atomic mass is 10.2. The van der Waals surface area contributed by atoms with E-state index in [0.29, 0.717) is 0 Å². The predicted octanol–water partition coefficient (Wildman–Crippen LogP) is 3.48. The Morgan fingerprint density at radius 1 is 0.875 bits per heavy atom. The third-order valence-corrected chi connectivity index (χ3v) is 2.19. The van der Waals surface area contributed by atoms with E-state index in [1.165, 1.54) is 0 Å². The van der Waals surface area contributed by atoms with E-state index in [1.807, 2.05) is 54.7 Å². The highest BCUT2D eigenvalue weighted by Crippen LogP contribution is 2.13. The van der Waals surface area contributed by atoms with Gasteiger partial charge in [0.1, 0.15) is 5.75 Å². The second kappa shape index (κ2) is 5.03. The lowest BCUT2D eigenvalue weighted by Gasteiger charge is -2.00. The first-order chi connectivity index (χ1) is 7.84. The third kappa shape index (κ3) is 2.89. The minimum atomic E-state index is 0.276. The molecular weight excluding hydrogens is 198 g/mol. The summed E-state index contributed by atoms with van der Waals surface area (Å²) < 4.78 is 0. The minimum Gasteiger partial charge on any atom is -0.508 e. The number of anilines is 1. The Kier molecular flexibility index (Phi) is 3.24. The van der Waals surface area contributed by atoms with Gasteiger partial charge in [-0.1, -0.05) is 30.3 Å². The Morgan fingerprint density at radius 3 is 2.25 bits per heavy atom. The molecule has 2 N–H and O–H groups in total. The van der Waals surface area contributed by atoms with Crippen molar-refractivity contribution in [1.82, 2.24) is 0 Å². The van der Waals surface area contributed by atoms with Crippen LogP contribution in [-0.4, -0.2) is 5.11 Å². The fourth-order valence-corrected chi connectivity index (χ4v) is 1.36. The molecule has 0 heterocycles. The van der Waals surface area contributed by atoms with E-state index in [-0.39, 0.29) is 5.75 Å².